The minimum atomic E-state index is -2.19. The number of carboxylic acids is 1. The number of aliphatic carboxylic acids is 1. The lowest BCUT2D eigenvalue weighted by molar-refractivity contribution is -0.382. The molecule has 0 radical (unpaired) electrons. The molecule has 95 heavy (non-hydrogen) atoms. The highest BCUT2D eigenvalue weighted by molar-refractivity contribution is 5.79. The largest absolute Gasteiger partial charge is 0.481 e. The van der Waals surface area contributed by atoms with Crippen molar-refractivity contribution in [2.75, 3.05) is 39.6 Å². The predicted molar refractivity (Wildman–Crippen MR) is 312 cm³/mol. The minimum absolute atomic E-state index is 0.00454. The Morgan fingerprint density at radius 2 is 1.12 bits per heavy atom. The number of hydrogen-bond acceptors (Lipinski definition) is 31. The van der Waals surface area contributed by atoms with Gasteiger partial charge in [-0.2, -0.15) is 0 Å². The van der Waals surface area contributed by atoms with E-state index in [0.29, 0.717) is 51.4 Å². The Morgan fingerprint density at radius 1 is 0.547 bits per heavy atom. The molecule has 18 N–H and O–H groups in total. The molecule has 0 aromatic carbocycles. The molecule has 36 unspecified atom stereocenters. The van der Waals surface area contributed by atoms with Crippen LogP contribution in [0, 0.1) is 50.2 Å². The van der Waals surface area contributed by atoms with E-state index in [-0.39, 0.29) is 17.8 Å². The number of carbonyl (C=O) groups excluding carboxylic acids is 1. The first-order chi connectivity index (χ1) is 44.5. The number of aliphatic hydroxyl groups is 17. The van der Waals surface area contributed by atoms with Crippen molar-refractivity contribution in [2.24, 2.45) is 50.2 Å². The van der Waals surface area contributed by atoms with Gasteiger partial charge in [0.2, 0.25) is 6.29 Å². The van der Waals surface area contributed by atoms with Crippen LogP contribution in [-0.2, 0) is 66.4 Å². The van der Waals surface area contributed by atoms with Crippen molar-refractivity contribution in [3.63, 3.8) is 0 Å². The average Bonchev–Trinajstić information content (AvgIpc) is 0.944. The average molecular weight is 1370 g/mol. The molecule has 36 atom stereocenters. The Kier molecular flexibility index (Phi) is 21.0. The van der Waals surface area contributed by atoms with Crippen LogP contribution >= 0.6 is 0 Å². The Morgan fingerprint density at radius 3 is 1.75 bits per heavy atom. The Balaban J connectivity index is 0.846. The summed E-state index contributed by atoms with van der Waals surface area (Å²) in [6.45, 7) is 9.25. The van der Waals surface area contributed by atoms with Crippen LogP contribution < -0.4 is 0 Å². The number of ether oxygens (including phenoxy) is 12. The van der Waals surface area contributed by atoms with Gasteiger partial charge >= 0.3 is 11.9 Å². The number of fused-ring (bicyclic) bond motifs is 7. The van der Waals surface area contributed by atoms with E-state index in [1.165, 1.54) is 13.8 Å². The van der Waals surface area contributed by atoms with E-state index >= 15 is 4.79 Å². The highest BCUT2D eigenvalue weighted by atomic mass is 16.8. The molecule has 4 saturated carbocycles. The molecule has 11 rings (SSSR count). The lowest BCUT2D eigenvalue weighted by Crippen LogP contribution is -2.70. The van der Waals surface area contributed by atoms with Crippen molar-refractivity contribution in [3.8, 4) is 0 Å². The summed E-state index contributed by atoms with van der Waals surface area (Å²) in [7, 11) is 0. The van der Waals surface area contributed by atoms with Crippen molar-refractivity contribution >= 4 is 11.9 Å². The number of aliphatic hydroxyl groups excluding tert-OH is 16. The van der Waals surface area contributed by atoms with Crippen LogP contribution in [0.25, 0.3) is 0 Å². The van der Waals surface area contributed by atoms with Crippen LogP contribution in [-0.4, -0.2) is 315 Å². The Hall–Kier alpha value is -2.44. The monoisotopic (exact) mass is 1370 g/mol. The molecule has 5 aliphatic carbocycles. The fourth-order valence-electron chi connectivity index (χ4n) is 18.6. The summed E-state index contributed by atoms with van der Waals surface area (Å²) >= 11 is 0. The Labute approximate surface area is 548 Å². The molecule has 0 bridgehead atoms. The fraction of sp³-hybridized carbons (Fsp3) is 0.937. The SMILES string of the molecule is CC1OC(OC2C(OC(=O)C34CCC(C)(C)CC3C3=CCC5C6(C)CC(O)C(OC7OC(CO)C(O)C(O)C7OC7OC(CO)C(O)C(O)C7O)C(C)(C(=O)O)C6CCC5(C)C3(C)CC4)OCC(O)C2O)C(O)C(OC2OCC(O)(CO)C2O)C1OC1OCC(O)C(O)C1O. The van der Waals surface area contributed by atoms with Gasteiger partial charge in [0.15, 0.2) is 37.6 Å². The van der Waals surface area contributed by atoms with E-state index in [0.717, 1.165) is 5.57 Å². The third-order valence-corrected chi connectivity index (χ3v) is 24.6. The molecule has 32 heteroatoms. The zero-order valence-electron chi connectivity index (χ0n) is 54.3. The van der Waals surface area contributed by atoms with E-state index < -0.39 is 262 Å². The third kappa shape index (κ3) is 12.3. The molecule has 32 nitrogen and oxygen atoms in total. The van der Waals surface area contributed by atoms with Gasteiger partial charge in [0.25, 0.3) is 0 Å². The van der Waals surface area contributed by atoms with Gasteiger partial charge in [-0.1, -0.05) is 46.3 Å². The molecular weight excluding hydrogens is 1270 g/mol. The molecule has 544 valence electrons. The topological polar surface area (TPSA) is 509 Å². The molecule has 11 aliphatic rings. The summed E-state index contributed by atoms with van der Waals surface area (Å²) in [5, 5.41) is 197. The maximum atomic E-state index is 15.6. The number of rotatable bonds is 16. The van der Waals surface area contributed by atoms with Crippen LogP contribution in [0.15, 0.2) is 11.6 Å². The summed E-state index contributed by atoms with van der Waals surface area (Å²) in [4.78, 5) is 29.8. The van der Waals surface area contributed by atoms with Crippen molar-refractivity contribution in [1.82, 2.24) is 0 Å². The van der Waals surface area contributed by atoms with Crippen LogP contribution in [0.5, 0.6) is 0 Å². The standard InChI is InChI=1S/C63H100O32/c1-24-43(90-49-40(76)34(70)28(68)20-84-49)44(91-54-47(79)63(83,22-66)23-86-54)42(78)51(87-24)92-45-35(71)29(69)21-85-52(45)95-56(82)62-14-12-57(2,3)16-26(62)25-8-9-32-58(4)17-27(67)48(61(7,55(80)81)33(58)10-11-60(32,6)59(25,5)13-15-62)94-53-46(39(75)37(73)31(19-65)89-53)93-50-41(77)38(74)36(72)30(18-64)88-50/h8,24,26-54,64-79,83H,9-23H2,1-7H3,(H,80,81). The molecule has 6 aliphatic heterocycles. The van der Waals surface area contributed by atoms with E-state index in [4.69, 9.17) is 56.8 Å². The number of carbonyl (C=O) groups is 2. The van der Waals surface area contributed by atoms with Gasteiger partial charge in [-0.3, -0.25) is 9.59 Å². The highest BCUT2D eigenvalue weighted by Crippen LogP contribution is 2.76. The second kappa shape index (κ2) is 27.1. The maximum Gasteiger partial charge on any atom is 0.315 e. The number of esters is 1. The van der Waals surface area contributed by atoms with Crippen LogP contribution in [0.2, 0.25) is 0 Å². The lowest BCUT2D eigenvalue weighted by atomic mass is 9.33. The fourth-order valence-corrected chi connectivity index (χ4v) is 18.6. The van der Waals surface area contributed by atoms with Gasteiger partial charge in [-0.05, 0) is 111 Å². The minimum Gasteiger partial charge on any atom is -0.481 e. The van der Waals surface area contributed by atoms with E-state index in [1.807, 2.05) is 6.92 Å². The van der Waals surface area contributed by atoms with Crippen molar-refractivity contribution in [1.29, 1.82) is 0 Å². The number of carboxylic acid groups (broad SMARTS) is 1. The summed E-state index contributed by atoms with van der Waals surface area (Å²) < 4.78 is 71.8. The van der Waals surface area contributed by atoms with Gasteiger partial charge in [0.1, 0.15) is 115 Å². The normalized spacial score (nSPS) is 54.6. The highest BCUT2D eigenvalue weighted by Gasteiger charge is 2.73. The van der Waals surface area contributed by atoms with Gasteiger partial charge in [-0.25, -0.2) is 0 Å². The lowest BCUT2D eigenvalue weighted by Gasteiger charge is -2.71. The zero-order chi connectivity index (χ0) is 69.4. The smallest absolute Gasteiger partial charge is 0.315 e. The van der Waals surface area contributed by atoms with Crippen molar-refractivity contribution in [3.05, 3.63) is 11.6 Å². The first-order valence-electron chi connectivity index (χ1n) is 33.1. The van der Waals surface area contributed by atoms with Crippen molar-refractivity contribution < 1.29 is 158 Å². The maximum absolute atomic E-state index is 15.6. The third-order valence-electron chi connectivity index (χ3n) is 24.6. The predicted octanol–water partition coefficient (Wildman–Crippen LogP) is -5.40. The van der Waals surface area contributed by atoms with Crippen molar-refractivity contribution in [2.45, 2.75) is 278 Å². The Bertz CT molecular complexity index is 2750. The molecule has 6 heterocycles. The summed E-state index contributed by atoms with van der Waals surface area (Å²) in [5.41, 5.74) is -6.80. The van der Waals surface area contributed by atoms with Gasteiger partial charge in [0.05, 0.1) is 62.7 Å². The molecule has 0 spiro atoms. The first kappa shape index (κ1) is 73.8. The quantitative estimate of drug-likeness (QED) is 0.0390. The summed E-state index contributed by atoms with van der Waals surface area (Å²) in [6.07, 6.45) is -41.3. The first-order valence-corrected chi connectivity index (χ1v) is 33.1. The van der Waals surface area contributed by atoms with Gasteiger partial charge in [0, 0.05) is 0 Å². The van der Waals surface area contributed by atoms with Crippen LogP contribution in [0.1, 0.15) is 106 Å². The molecular formula is C63H100O32. The molecule has 0 aromatic heterocycles. The summed E-state index contributed by atoms with van der Waals surface area (Å²) in [5.74, 6) is -3.47. The molecule has 10 fully saturated rings. The van der Waals surface area contributed by atoms with E-state index in [1.54, 1.807) is 0 Å². The second-order valence-corrected chi connectivity index (χ2v) is 30.6. The van der Waals surface area contributed by atoms with E-state index in [9.17, 15) is 96.7 Å². The van der Waals surface area contributed by atoms with Crippen LogP contribution in [0.4, 0.5) is 0 Å². The molecule has 0 aromatic rings. The molecule has 6 saturated heterocycles. The van der Waals surface area contributed by atoms with Crippen LogP contribution in [0.3, 0.4) is 0 Å². The zero-order valence-corrected chi connectivity index (χ0v) is 54.3. The summed E-state index contributed by atoms with van der Waals surface area (Å²) in [6, 6.07) is 0. The number of hydrogen-bond donors (Lipinski definition) is 18. The van der Waals surface area contributed by atoms with Gasteiger partial charge in [-0.15, -0.1) is 0 Å². The number of allylic oxidation sites excluding steroid dienone is 2. The van der Waals surface area contributed by atoms with E-state index in [2.05, 4.69) is 33.8 Å². The second-order valence-electron chi connectivity index (χ2n) is 30.6. The molecule has 0 amide bonds. The van der Waals surface area contributed by atoms with Gasteiger partial charge < -0.3 is 149 Å².